The minimum atomic E-state index is 0.146. The summed E-state index contributed by atoms with van der Waals surface area (Å²) in [5, 5.41) is 7.87. The molecular weight excluding hydrogens is 460 g/mol. The SMILES string of the molecule is [2H]c1cc2c(Cc3cccc4ccccc34)c3cc([2H])c([2H])cc3c(-c3ccc4c(c3)oc3ccccc34)c2cc1[2H]. The zero-order valence-corrected chi connectivity index (χ0v) is 20.5. The van der Waals surface area contributed by atoms with E-state index in [1.165, 1.54) is 0 Å². The predicted molar refractivity (Wildman–Crippen MR) is 161 cm³/mol. The van der Waals surface area contributed by atoms with Gasteiger partial charge in [0.15, 0.2) is 0 Å². The van der Waals surface area contributed by atoms with Crippen LogP contribution in [0.2, 0.25) is 0 Å². The summed E-state index contributed by atoms with van der Waals surface area (Å²) < 4.78 is 40.5. The Hall–Kier alpha value is -4.88. The summed E-state index contributed by atoms with van der Waals surface area (Å²) in [6.45, 7) is 0. The smallest absolute Gasteiger partial charge is 0.136 e. The largest absolute Gasteiger partial charge is 0.456 e. The molecule has 0 unspecified atom stereocenters. The normalized spacial score (nSPS) is 13.3. The van der Waals surface area contributed by atoms with Crippen molar-refractivity contribution in [3.05, 3.63) is 144 Å². The molecule has 0 radical (unpaired) electrons. The van der Waals surface area contributed by atoms with Crippen LogP contribution in [0.4, 0.5) is 0 Å². The van der Waals surface area contributed by atoms with Crippen LogP contribution in [-0.4, -0.2) is 0 Å². The Kier molecular flexibility index (Phi) is 3.85. The summed E-state index contributed by atoms with van der Waals surface area (Å²) in [7, 11) is 0. The molecule has 0 fully saturated rings. The van der Waals surface area contributed by atoms with Gasteiger partial charge in [-0.1, -0.05) is 115 Å². The average molecular weight is 489 g/mol. The zero-order chi connectivity index (χ0) is 28.5. The van der Waals surface area contributed by atoms with Crippen LogP contribution < -0.4 is 0 Å². The Bertz CT molecular complexity index is 2310. The first kappa shape index (κ1) is 17.6. The number of rotatable bonds is 3. The van der Waals surface area contributed by atoms with E-state index in [0.717, 1.165) is 76.5 Å². The van der Waals surface area contributed by atoms with Crippen molar-refractivity contribution in [1.29, 1.82) is 0 Å². The van der Waals surface area contributed by atoms with Gasteiger partial charge in [-0.05, 0) is 79.2 Å². The number of benzene rings is 7. The molecule has 0 aliphatic heterocycles. The van der Waals surface area contributed by atoms with Gasteiger partial charge < -0.3 is 4.42 Å². The van der Waals surface area contributed by atoms with Gasteiger partial charge in [-0.2, -0.15) is 0 Å². The molecule has 0 aliphatic rings. The van der Waals surface area contributed by atoms with Crippen LogP contribution in [0, 0.1) is 0 Å². The Morgan fingerprint density at radius 1 is 0.500 bits per heavy atom. The quantitative estimate of drug-likeness (QED) is 0.225. The van der Waals surface area contributed by atoms with E-state index in [2.05, 4.69) is 48.5 Å². The van der Waals surface area contributed by atoms with Gasteiger partial charge in [0.1, 0.15) is 11.2 Å². The van der Waals surface area contributed by atoms with Crippen molar-refractivity contribution in [1.82, 2.24) is 0 Å². The van der Waals surface area contributed by atoms with E-state index >= 15 is 0 Å². The van der Waals surface area contributed by atoms with E-state index < -0.39 is 0 Å². The number of furan rings is 1. The van der Waals surface area contributed by atoms with Gasteiger partial charge in [0.05, 0.1) is 5.48 Å². The standard InChI is InChI=1S/C37H24O/c1-2-13-27-24(10-1)11-9-12-25(27)22-34-28-14-3-5-17-32(28)37(33-18-6-4-15-29(33)34)26-20-21-31-30-16-7-8-19-35(30)38-36(31)23-26/h1-21,23H,22H2/i3D,4D,5D,6D. The van der Waals surface area contributed by atoms with Gasteiger partial charge in [0.25, 0.3) is 0 Å². The lowest BCUT2D eigenvalue weighted by atomic mass is 9.85. The van der Waals surface area contributed by atoms with Crippen LogP contribution in [-0.2, 0) is 6.42 Å². The Morgan fingerprint density at radius 2 is 1.13 bits per heavy atom. The predicted octanol–water partition coefficient (Wildman–Crippen LogP) is 10.3. The number of hydrogen-bond acceptors (Lipinski definition) is 1. The van der Waals surface area contributed by atoms with Crippen LogP contribution in [0.1, 0.15) is 16.6 Å². The third kappa shape index (κ3) is 3.19. The van der Waals surface area contributed by atoms with Gasteiger partial charge in [0.2, 0.25) is 0 Å². The maximum atomic E-state index is 8.58. The van der Waals surface area contributed by atoms with Crippen molar-refractivity contribution in [2.24, 2.45) is 0 Å². The Balaban J connectivity index is 1.48. The Morgan fingerprint density at radius 3 is 1.92 bits per heavy atom. The first-order valence-corrected chi connectivity index (χ1v) is 12.8. The van der Waals surface area contributed by atoms with Gasteiger partial charge >= 0.3 is 0 Å². The van der Waals surface area contributed by atoms with E-state index in [-0.39, 0.29) is 24.2 Å². The highest BCUT2D eigenvalue weighted by Gasteiger charge is 2.17. The second-order valence-corrected chi connectivity index (χ2v) is 9.79. The first-order valence-electron chi connectivity index (χ1n) is 14.8. The molecule has 8 rings (SSSR count). The number of para-hydroxylation sites is 1. The third-order valence-corrected chi connectivity index (χ3v) is 7.72. The molecule has 1 aromatic heterocycles. The number of hydrogen-bond donors (Lipinski definition) is 0. The molecule has 38 heavy (non-hydrogen) atoms. The molecule has 7 aromatic carbocycles. The van der Waals surface area contributed by atoms with E-state index in [4.69, 9.17) is 9.90 Å². The van der Waals surface area contributed by atoms with E-state index in [1.807, 2.05) is 36.4 Å². The maximum Gasteiger partial charge on any atom is 0.136 e. The molecule has 0 N–H and O–H groups in total. The average Bonchev–Trinajstić information content (AvgIpc) is 3.37. The summed E-state index contributed by atoms with van der Waals surface area (Å²) in [5.41, 5.74) is 5.52. The maximum absolute atomic E-state index is 8.58. The third-order valence-electron chi connectivity index (χ3n) is 7.72. The summed E-state index contributed by atoms with van der Waals surface area (Å²) >= 11 is 0. The van der Waals surface area contributed by atoms with Crippen LogP contribution >= 0.6 is 0 Å². The van der Waals surface area contributed by atoms with Crippen molar-refractivity contribution >= 4 is 54.3 Å². The molecule has 178 valence electrons. The van der Waals surface area contributed by atoms with E-state index in [9.17, 15) is 0 Å². The molecule has 0 bridgehead atoms. The molecule has 1 heteroatoms. The molecule has 0 saturated heterocycles. The first-order chi connectivity index (χ1) is 20.5. The topological polar surface area (TPSA) is 13.1 Å². The summed E-state index contributed by atoms with van der Waals surface area (Å²) in [6.07, 6.45) is 0.588. The van der Waals surface area contributed by atoms with Gasteiger partial charge in [-0.25, -0.2) is 0 Å². The highest BCUT2D eigenvalue weighted by molar-refractivity contribution is 6.16. The summed E-state index contributed by atoms with van der Waals surface area (Å²) in [5.74, 6) is 0. The van der Waals surface area contributed by atoms with Crippen LogP contribution in [0.25, 0.3) is 65.4 Å². The van der Waals surface area contributed by atoms with Gasteiger partial charge in [-0.3, -0.25) is 0 Å². The fourth-order valence-electron chi connectivity index (χ4n) is 5.99. The molecule has 1 heterocycles. The van der Waals surface area contributed by atoms with Crippen molar-refractivity contribution in [2.45, 2.75) is 6.42 Å². The van der Waals surface area contributed by atoms with Gasteiger partial charge in [-0.15, -0.1) is 0 Å². The summed E-state index contributed by atoms with van der Waals surface area (Å²) in [4.78, 5) is 0. The minimum Gasteiger partial charge on any atom is -0.456 e. The summed E-state index contributed by atoms with van der Waals surface area (Å²) in [6, 6.07) is 36.5. The fourth-order valence-corrected chi connectivity index (χ4v) is 5.99. The molecule has 0 atom stereocenters. The molecule has 0 amide bonds. The number of fused-ring (bicyclic) bond motifs is 6. The molecule has 0 saturated carbocycles. The molecule has 0 aliphatic carbocycles. The highest BCUT2D eigenvalue weighted by Crippen LogP contribution is 2.42. The lowest BCUT2D eigenvalue weighted by molar-refractivity contribution is 0.669. The highest BCUT2D eigenvalue weighted by atomic mass is 16.3. The molecular formula is C37H24O. The molecule has 1 nitrogen and oxygen atoms in total. The monoisotopic (exact) mass is 488 g/mol. The van der Waals surface area contributed by atoms with E-state index in [1.54, 1.807) is 24.3 Å². The zero-order valence-electron chi connectivity index (χ0n) is 24.5. The van der Waals surface area contributed by atoms with Crippen LogP contribution in [0.5, 0.6) is 0 Å². The lowest BCUT2D eigenvalue weighted by Gasteiger charge is -2.18. The molecule has 0 spiro atoms. The lowest BCUT2D eigenvalue weighted by Crippen LogP contribution is -1.96. The minimum absolute atomic E-state index is 0.146. The van der Waals surface area contributed by atoms with Crippen molar-refractivity contribution < 1.29 is 9.90 Å². The van der Waals surface area contributed by atoms with Gasteiger partial charge in [0, 0.05) is 10.8 Å². The second-order valence-electron chi connectivity index (χ2n) is 9.79. The van der Waals surface area contributed by atoms with Crippen LogP contribution in [0.15, 0.2) is 138 Å². The fraction of sp³-hybridized carbons (Fsp3) is 0.0270. The molecule has 8 aromatic rings. The van der Waals surface area contributed by atoms with Crippen molar-refractivity contribution in [3.63, 3.8) is 0 Å². The second kappa shape index (κ2) is 8.33. The Labute approximate surface area is 226 Å². The van der Waals surface area contributed by atoms with Crippen molar-refractivity contribution in [3.8, 4) is 11.1 Å². The van der Waals surface area contributed by atoms with Crippen LogP contribution in [0.3, 0.4) is 0 Å². The van der Waals surface area contributed by atoms with Crippen molar-refractivity contribution in [2.75, 3.05) is 0 Å². The van der Waals surface area contributed by atoms with E-state index in [0.29, 0.717) is 6.42 Å².